The number of aryl methyl sites for hydroxylation is 1. The first-order valence-electron chi connectivity index (χ1n) is 11.1. The molecule has 2 aromatic heterocycles. The Balaban J connectivity index is 1.43. The van der Waals surface area contributed by atoms with Crippen LogP contribution in [0.25, 0.3) is 11.4 Å². The van der Waals surface area contributed by atoms with Crippen LogP contribution in [0.15, 0.2) is 42.7 Å². The van der Waals surface area contributed by atoms with Gasteiger partial charge in [-0.15, -0.1) is 0 Å². The fourth-order valence-electron chi connectivity index (χ4n) is 4.76. The van der Waals surface area contributed by atoms with E-state index in [2.05, 4.69) is 9.88 Å². The molecule has 0 atom stereocenters. The number of anilines is 1. The van der Waals surface area contributed by atoms with Crippen LogP contribution in [-0.2, 0) is 18.4 Å². The number of ether oxygens (including phenoxy) is 2. The first-order chi connectivity index (χ1) is 15.6. The Bertz CT molecular complexity index is 1090. The zero-order valence-corrected chi connectivity index (χ0v) is 18.5. The van der Waals surface area contributed by atoms with Crippen LogP contribution in [0.1, 0.15) is 36.1 Å². The van der Waals surface area contributed by atoms with Gasteiger partial charge in [0.25, 0.3) is 0 Å². The molecule has 1 aromatic carbocycles. The van der Waals surface area contributed by atoms with Crippen molar-refractivity contribution in [3.05, 3.63) is 59.5 Å². The van der Waals surface area contributed by atoms with Crippen molar-refractivity contribution in [3.63, 3.8) is 0 Å². The Morgan fingerprint density at radius 2 is 1.62 bits per heavy atom. The standard InChI is InChI=1S/C25H28N4O3/c1-31-19-14-18(15-20(16-19)32-2)25(30)8-12-29(13-9-25)24-21-4-3-5-22(21)27-23(28-24)17-6-10-26-11-7-17/h6-7,10-11,14-16,30H,3-5,8-9,12-13H2,1-2H3. The quantitative estimate of drug-likeness (QED) is 0.661. The van der Waals surface area contributed by atoms with Gasteiger partial charge in [-0.2, -0.15) is 0 Å². The van der Waals surface area contributed by atoms with E-state index in [1.165, 1.54) is 5.56 Å². The number of pyridine rings is 1. The summed E-state index contributed by atoms with van der Waals surface area (Å²) in [7, 11) is 3.25. The average Bonchev–Trinajstić information content (AvgIpc) is 3.33. The van der Waals surface area contributed by atoms with Gasteiger partial charge in [-0.05, 0) is 61.9 Å². The van der Waals surface area contributed by atoms with Crippen molar-refractivity contribution in [2.45, 2.75) is 37.7 Å². The number of hydrogen-bond donors (Lipinski definition) is 1. The van der Waals surface area contributed by atoms with Gasteiger partial charge in [-0.25, -0.2) is 9.97 Å². The second-order valence-corrected chi connectivity index (χ2v) is 8.51. The summed E-state index contributed by atoms with van der Waals surface area (Å²) in [5, 5.41) is 11.5. The molecule has 0 radical (unpaired) electrons. The highest BCUT2D eigenvalue weighted by molar-refractivity contribution is 5.61. The molecule has 2 aliphatic rings. The molecule has 0 spiro atoms. The second-order valence-electron chi connectivity index (χ2n) is 8.51. The van der Waals surface area contributed by atoms with E-state index in [0.717, 1.165) is 60.8 Å². The van der Waals surface area contributed by atoms with Gasteiger partial charge in [0.2, 0.25) is 0 Å². The highest BCUT2D eigenvalue weighted by atomic mass is 16.5. The fourth-order valence-corrected chi connectivity index (χ4v) is 4.76. The molecular formula is C25H28N4O3. The number of methoxy groups -OCH3 is 2. The second kappa shape index (κ2) is 8.39. The van der Waals surface area contributed by atoms with Gasteiger partial charge in [0.1, 0.15) is 17.3 Å². The van der Waals surface area contributed by atoms with E-state index in [9.17, 15) is 5.11 Å². The summed E-state index contributed by atoms with van der Waals surface area (Å²) in [5.74, 6) is 3.14. The molecule has 1 fully saturated rings. The number of aliphatic hydroxyl groups is 1. The van der Waals surface area contributed by atoms with Gasteiger partial charge in [0.15, 0.2) is 5.82 Å². The van der Waals surface area contributed by atoms with Crippen LogP contribution >= 0.6 is 0 Å². The number of nitrogens with zero attached hydrogens (tertiary/aromatic N) is 4. The van der Waals surface area contributed by atoms with E-state index in [4.69, 9.17) is 19.4 Å². The molecule has 0 amide bonds. The lowest BCUT2D eigenvalue weighted by Gasteiger charge is -2.40. The molecule has 7 heteroatoms. The summed E-state index contributed by atoms with van der Waals surface area (Å²) in [4.78, 5) is 16.3. The highest BCUT2D eigenvalue weighted by Crippen LogP contribution is 2.39. The van der Waals surface area contributed by atoms with Gasteiger partial charge in [0, 0.05) is 48.4 Å². The Kier molecular flexibility index (Phi) is 5.43. The van der Waals surface area contributed by atoms with E-state index in [1.54, 1.807) is 26.6 Å². The van der Waals surface area contributed by atoms with Crippen LogP contribution < -0.4 is 14.4 Å². The summed E-state index contributed by atoms with van der Waals surface area (Å²) in [6, 6.07) is 9.54. The molecule has 3 heterocycles. The van der Waals surface area contributed by atoms with Crippen LogP contribution in [-0.4, -0.2) is 47.4 Å². The lowest BCUT2D eigenvalue weighted by atomic mass is 9.84. The minimum Gasteiger partial charge on any atom is -0.497 e. The van der Waals surface area contributed by atoms with Crippen molar-refractivity contribution in [2.75, 3.05) is 32.2 Å². The summed E-state index contributed by atoms with van der Waals surface area (Å²) in [5.41, 5.74) is 3.30. The van der Waals surface area contributed by atoms with Crippen molar-refractivity contribution < 1.29 is 14.6 Å². The maximum Gasteiger partial charge on any atom is 0.161 e. The average molecular weight is 433 g/mol. The minimum absolute atomic E-state index is 0.604. The molecule has 5 rings (SSSR count). The van der Waals surface area contributed by atoms with Gasteiger partial charge in [0.05, 0.1) is 19.8 Å². The smallest absolute Gasteiger partial charge is 0.161 e. The molecule has 3 aromatic rings. The van der Waals surface area contributed by atoms with Crippen LogP contribution in [0.4, 0.5) is 5.82 Å². The number of piperidine rings is 1. The van der Waals surface area contributed by atoms with Crippen LogP contribution in [0.5, 0.6) is 11.5 Å². The third kappa shape index (κ3) is 3.77. The molecule has 1 aliphatic heterocycles. The monoisotopic (exact) mass is 432 g/mol. The maximum atomic E-state index is 11.5. The number of hydrogen-bond acceptors (Lipinski definition) is 7. The van der Waals surface area contributed by atoms with Crippen molar-refractivity contribution >= 4 is 5.82 Å². The van der Waals surface area contributed by atoms with E-state index in [0.29, 0.717) is 24.3 Å². The lowest BCUT2D eigenvalue weighted by molar-refractivity contribution is 0.0113. The number of fused-ring (bicyclic) bond motifs is 1. The number of rotatable bonds is 5. The summed E-state index contributed by atoms with van der Waals surface area (Å²) in [6.07, 6.45) is 7.86. The lowest BCUT2D eigenvalue weighted by Crippen LogP contribution is -2.43. The van der Waals surface area contributed by atoms with E-state index >= 15 is 0 Å². The van der Waals surface area contributed by atoms with Crippen molar-refractivity contribution in [2.24, 2.45) is 0 Å². The summed E-state index contributed by atoms with van der Waals surface area (Å²) >= 11 is 0. The minimum atomic E-state index is -0.928. The third-order valence-electron chi connectivity index (χ3n) is 6.63. The highest BCUT2D eigenvalue weighted by Gasteiger charge is 2.36. The Labute approximate surface area is 188 Å². The number of aromatic nitrogens is 3. The van der Waals surface area contributed by atoms with Crippen molar-refractivity contribution in [1.82, 2.24) is 15.0 Å². The van der Waals surface area contributed by atoms with Crippen LogP contribution in [0.2, 0.25) is 0 Å². The molecule has 166 valence electrons. The molecule has 1 saturated heterocycles. The fraction of sp³-hybridized carbons (Fsp3) is 0.400. The first-order valence-corrected chi connectivity index (χ1v) is 11.1. The predicted molar refractivity (Wildman–Crippen MR) is 122 cm³/mol. The third-order valence-corrected chi connectivity index (χ3v) is 6.63. The summed E-state index contributed by atoms with van der Waals surface area (Å²) in [6.45, 7) is 1.44. The van der Waals surface area contributed by atoms with E-state index in [1.807, 2.05) is 30.3 Å². The molecule has 1 aliphatic carbocycles. The van der Waals surface area contributed by atoms with Crippen LogP contribution in [0, 0.1) is 0 Å². The predicted octanol–water partition coefficient (Wildman–Crippen LogP) is 3.53. The molecule has 7 nitrogen and oxygen atoms in total. The Hall–Kier alpha value is -3.19. The molecular weight excluding hydrogens is 404 g/mol. The van der Waals surface area contributed by atoms with Crippen molar-refractivity contribution in [3.8, 4) is 22.9 Å². The van der Waals surface area contributed by atoms with Crippen LogP contribution in [0.3, 0.4) is 0 Å². The molecule has 0 saturated carbocycles. The molecule has 1 N–H and O–H groups in total. The zero-order valence-electron chi connectivity index (χ0n) is 18.5. The first kappa shape index (κ1) is 20.7. The SMILES string of the molecule is COc1cc(OC)cc(C2(O)CCN(c3nc(-c4ccncc4)nc4c3CCC4)CC2)c1. The molecule has 0 unspecified atom stereocenters. The summed E-state index contributed by atoms with van der Waals surface area (Å²) < 4.78 is 10.8. The van der Waals surface area contributed by atoms with Gasteiger partial charge in [-0.1, -0.05) is 0 Å². The normalized spacial score (nSPS) is 17.2. The van der Waals surface area contributed by atoms with Gasteiger partial charge < -0.3 is 19.5 Å². The Morgan fingerprint density at radius 3 is 2.28 bits per heavy atom. The zero-order chi connectivity index (χ0) is 22.1. The topological polar surface area (TPSA) is 80.6 Å². The van der Waals surface area contributed by atoms with E-state index in [-0.39, 0.29) is 0 Å². The molecule has 32 heavy (non-hydrogen) atoms. The van der Waals surface area contributed by atoms with E-state index < -0.39 is 5.60 Å². The Morgan fingerprint density at radius 1 is 0.938 bits per heavy atom. The molecule has 0 bridgehead atoms. The van der Waals surface area contributed by atoms with Gasteiger partial charge >= 0.3 is 0 Å². The largest absolute Gasteiger partial charge is 0.497 e. The van der Waals surface area contributed by atoms with Gasteiger partial charge in [-0.3, -0.25) is 4.98 Å². The number of benzene rings is 1. The maximum absolute atomic E-state index is 11.5. The van der Waals surface area contributed by atoms with Crippen molar-refractivity contribution in [1.29, 1.82) is 0 Å².